The van der Waals surface area contributed by atoms with Gasteiger partial charge in [-0.3, -0.25) is 4.79 Å². The average Bonchev–Trinajstić information content (AvgIpc) is 2.96. The monoisotopic (exact) mass is 399 g/mol. The van der Waals surface area contributed by atoms with Crippen LogP contribution in [0.1, 0.15) is 37.6 Å². The Balaban J connectivity index is 1.99. The van der Waals surface area contributed by atoms with Crippen LogP contribution in [-0.2, 0) is 5.41 Å². The molecular formula is C22H26ClN3O2. The van der Waals surface area contributed by atoms with Gasteiger partial charge in [0.05, 0.1) is 0 Å². The molecule has 2 aromatic rings. The van der Waals surface area contributed by atoms with E-state index in [0.29, 0.717) is 18.8 Å². The quantitative estimate of drug-likeness (QED) is 0.840. The molecule has 0 aliphatic carbocycles. The van der Waals surface area contributed by atoms with Crippen LogP contribution in [0.25, 0.3) is 5.57 Å². The number of amides is 2. The number of pyridine rings is 1. The number of carbonyl (C=O) groups excluding carboxylic acids is 1. The number of likely N-dealkylation sites (N-methyl/N-ethyl adjacent to an activating group) is 1. The van der Waals surface area contributed by atoms with Crippen LogP contribution in [0.15, 0.2) is 47.3 Å². The standard InChI is InChI=1S/C22H26ClN3O2/c1-22(2,3)16-7-5-15(6-8-16)17(19-10-9-18(23)20(27)24-19)11-12-26-14-13-25(4)21(26)28/h5-11H,12-14H2,1-4H3,(H,24,27). The highest BCUT2D eigenvalue weighted by atomic mass is 35.5. The van der Waals surface area contributed by atoms with Gasteiger partial charge in [0.2, 0.25) is 0 Å². The van der Waals surface area contributed by atoms with E-state index in [9.17, 15) is 9.59 Å². The van der Waals surface area contributed by atoms with Gasteiger partial charge >= 0.3 is 6.03 Å². The lowest BCUT2D eigenvalue weighted by molar-refractivity contribution is 0.202. The van der Waals surface area contributed by atoms with Crippen molar-refractivity contribution >= 4 is 23.2 Å². The zero-order valence-corrected chi connectivity index (χ0v) is 17.5. The number of halogens is 1. The number of carbonyl (C=O) groups is 1. The summed E-state index contributed by atoms with van der Waals surface area (Å²) < 4.78 is 0. The first-order valence-corrected chi connectivity index (χ1v) is 9.75. The van der Waals surface area contributed by atoms with Crippen LogP contribution in [0.3, 0.4) is 0 Å². The third-order valence-electron chi connectivity index (χ3n) is 5.03. The SMILES string of the molecule is CN1CCN(CC=C(c2ccc(C(C)(C)C)cc2)c2ccc(Cl)c(=O)[nH]2)C1=O. The van der Waals surface area contributed by atoms with Crippen molar-refractivity contribution in [3.63, 3.8) is 0 Å². The molecule has 1 saturated heterocycles. The lowest BCUT2D eigenvalue weighted by atomic mass is 9.86. The van der Waals surface area contributed by atoms with Crippen molar-refractivity contribution in [2.75, 3.05) is 26.7 Å². The van der Waals surface area contributed by atoms with E-state index in [1.54, 1.807) is 29.0 Å². The van der Waals surface area contributed by atoms with Crippen LogP contribution < -0.4 is 5.56 Å². The first-order chi connectivity index (χ1) is 13.2. The zero-order valence-electron chi connectivity index (χ0n) is 16.8. The van der Waals surface area contributed by atoms with Crippen molar-refractivity contribution in [1.29, 1.82) is 0 Å². The molecule has 0 spiro atoms. The van der Waals surface area contributed by atoms with E-state index in [1.807, 2.05) is 6.08 Å². The average molecular weight is 400 g/mol. The Bertz CT molecular complexity index is 955. The molecule has 3 rings (SSSR count). The third kappa shape index (κ3) is 4.30. The van der Waals surface area contributed by atoms with Gasteiger partial charge in [-0.25, -0.2) is 4.79 Å². The summed E-state index contributed by atoms with van der Waals surface area (Å²) in [5.74, 6) is 0. The summed E-state index contributed by atoms with van der Waals surface area (Å²) in [5, 5.41) is 0.155. The molecule has 1 aromatic carbocycles. The number of hydrogen-bond acceptors (Lipinski definition) is 2. The summed E-state index contributed by atoms with van der Waals surface area (Å²) in [6.07, 6.45) is 1.99. The minimum absolute atomic E-state index is 0.0169. The van der Waals surface area contributed by atoms with E-state index in [2.05, 4.69) is 50.0 Å². The molecule has 0 bridgehead atoms. The van der Waals surface area contributed by atoms with E-state index in [4.69, 9.17) is 11.6 Å². The highest BCUT2D eigenvalue weighted by Crippen LogP contribution is 2.27. The molecule has 28 heavy (non-hydrogen) atoms. The summed E-state index contributed by atoms with van der Waals surface area (Å²) >= 11 is 5.90. The van der Waals surface area contributed by atoms with Gasteiger partial charge in [0.25, 0.3) is 5.56 Å². The summed E-state index contributed by atoms with van der Waals surface area (Å²) in [6.45, 7) is 8.41. The van der Waals surface area contributed by atoms with E-state index < -0.39 is 0 Å². The summed E-state index contributed by atoms with van der Waals surface area (Å²) in [6, 6.07) is 11.7. The maximum absolute atomic E-state index is 12.2. The fourth-order valence-corrected chi connectivity index (χ4v) is 3.33. The third-order valence-corrected chi connectivity index (χ3v) is 5.33. The molecular weight excluding hydrogens is 374 g/mol. The molecule has 0 unspecified atom stereocenters. The number of benzene rings is 1. The van der Waals surface area contributed by atoms with Gasteiger partial charge in [0.15, 0.2) is 0 Å². The number of aromatic amines is 1. The van der Waals surface area contributed by atoms with Crippen molar-refractivity contribution in [2.45, 2.75) is 26.2 Å². The van der Waals surface area contributed by atoms with Gasteiger partial charge in [-0.15, -0.1) is 0 Å². The molecule has 6 heteroatoms. The van der Waals surface area contributed by atoms with Crippen LogP contribution in [-0.4, -0.2) is 47.5 Å². The number of nitrogens with one attached hydrogen (secondary N) is 1. The second-order valence-corrected chi connectivity index (χ2v) is 8.55. The summed E-state index contributed by atoms with van der Waals surface area (Å²) in [5.41, 5.74) is 3.49. The molecule has 0 saturated carbocycles. The molecule has 148 valence electrons. The van der Waals surface area contributed by atoms with Crippen LogP contribution in [0.5, 0.6) is 0 Å². The fourth-order valence-electron chi connectivity index (χ4n) is 3.22. The van der Waals surface area contributed by atoms with Crippen LogP contribution in [0, 0.1) is 0 Å². The molecule has 1 aliphatic heterocycles. The molecule has 1 fully saturated rings. The highest BCUT2D eigenvalue weighted by Gasteiger charge is 2.24. The van der Waals surface area contributed by atoms with Gasteiger partial charge < -0.3 is 14.8 Å². The summed E-state index contributed by atoms with van der Waals surface area (Å²) in [7, 11) is 1.80. The second kappa shape index (κ2) is 7.84. The molecule has 0 radical (unpaired) electrons. The largest absolute Gasteiger partial charge is 0.326 e. The number of hydrogen-bond donors (Lipinski definition) is 1. The molecule has 5 nitrogen and oxygen atoms in total. The van der Waals surface area contributed by atoms with Gasteiger partial charge in [-0.1, -0.05) is 62.7 Å². The number of H-pyrrole nitrogens is 1. The van der Waals surface area contributed by atoms with Gasteiger partial charge in [-0.05, 0) is 28.7 Å². The number of urea groups is 1. The van der Waals surface area contributed by atoms with Gasteiger partial charge in [-0.2, -0.15) is 0 Å². The zero-order chi connectivity index (χ0) is 20.5. The fraction of sp³-hybridized carbons (Fsp3) is 0.364. The molecule has 1 aliphatic rings. The number of rotatable bonds is 4. The maximum atomic E-state index is 12.2. The Hall–Kier alpha value is -2.53. The smallest absolute Gasteiger partial charge is 0.320 e. The van der Waals surface area contributed by atoms with E-state index in [0.717, 1.165) is 17.7 Å². The van der Waals surface area contributed by atoms with E-state index >= 15 is 0 Å². The predicted molar refractivity (Wildman–Crippen MR) is 114 cm³/mol. The van der Waals surface area contributed by atoms with Crippen molar-refractivity contribution in [3.8, 4) is 0 Å². The lowest BCUT2D eigenvalue weighted by Gasteiger charge is -2.20. The van der Waals surface area contributed by atoms with Crippen molar-refractivity contribution in [2.24, 2.45) is 0 Å². The Kier molecular flexibility index (Phi) is 5.66. The molecule has 2 amide bonds. The first kappa shape index (κ1) is 20.2. The minimum atomic E-state index is -0.326. The molecule has 0 atom stereocenters. The van der Waals surface area contributed by atoms with Gasteiger partial charge in [0, 0.05) is 37.9 Å². The topological polar surface area (TPSA) is 56.4 Å². The van der Waals surface area contributed by atoms with Gasteiger partial charge in [0.1, 0.15) is 5.02 Å². The van der Waals surface area contributed by atoms with Crippen molar-refractivity contribution in [1.82, 2.24) is 14.8 Å². The predicted octanol–water partition coefficient (Wildman–Crippen LogP) is 4.12. The van der Waals surface area contributed by atoms with Crippen LogP contribution in [0.4, 0.5) is 4.79 Å². The van der Waals surface area contributed by atoms with E-state index in [-0.39, 0.29) is 22.0 Å². The molecule has 1 aromatic heterocycles. The van der Waals surface area contributed by atoms with Crippen molar-refractivity contribution in [3.05, 3.63) is 74.7 Å². The van der Waals surface area contributed by atoms with Crippen molar-refractivity contribution < 1.29 is 4.79 Å². The van der Waals surface area contributed by atoms with E-state index in [1.165, 1.54) is 5.56 Å². The highest BCUT2D eigenvalue weighted by molar-refractivity contribution is 6.30. The Labute approximate surface area is 170 Å². The Morgan fingerprint density at radius 2 is 1.79 bits per heavy atom. The normalized spacial score (nSPS) is 15.5. The number of nitrogens with zero attached hydrogens (tertiary/aromatic N) is 2. The lowest BCUT2D eigenvalue weighted by Crippen LogP contribution is -2.29. The summed E-state index contributed by atoms with van der Waals surface area (Å²) in [4.78, 5) is 30.6. The Morgan fingerprint density at radius 3 is 2.32 bits per heavy atom. The Morgan fingerprint density at radius 1 is 1.11 bits per heavy atom. The number of aromatic nitrogens is 1. The van der Waals surface area contributed by atoms with Crippen LogP contribution in [0.2, 0.25) is 5.02 Å². The molecule has 2 heterocycles. The minimum Gasteiger partial charge on any atom is -0.326 e. The van der Waals surface area contributed by atoms with Crippen LogP contribution >= 0.6 is 11.6 Å². The first-order valence-electron chi connectivity index (χ1n) is 9.37. The maximum Gasteiger partial charge on any atom is 0.320 e. The molecule has 1 N–H and O–H groups in total. The second-order valence-electron chi connectivity index (χ2n) is 8.14.